The van der Waals surface area contributed by atoms with Crippen LogP contribution in [0.1, 0.15) is 43.2 Å². The summed E-state index contributed by atoms with van der Waals surface area (Å²) in [5.74, 6) is 0.0961. The number of ether oxygens (including phenoxy) is 2. The van der Waals surface area contributed by atoms with Crippen LogP contribution in [0.25, 0.3) is 0 Å². The minimum absolute atomic E-state index is 0.0398. The Morgan fingerprint density at radius 2 is 1.84 bits per heavy atom. The van der Waals surface area contributed by atoms with E-state index in [9.17, 15) is 4.79 Å². The summed E-state index contributed by atoms with van der Waals surface area (Å²) in [5.41, 5.74) is 2.60. The molecule has 0 amide bonds. The van der Waals surface area contributed by atoms with Gasteiger partial charge >= 0.3 is 5.97 Å². The highest BCUT2D eigenvalue weighted by Crippen LogP contribution is 2.56. The second-order valence-electron chi connectivity index (χ2n) is 8.84. The number of carboxylic acid groups (broad SMARTS) is 1. The molecule has 4 rings (SSSR count). The van der Waals surface area contributed by atoms with Crippen LogP contribution >= 0.6 is 0 Å². The molecule has 0 radical (unpaired) electrons. The lowest BCUT2D eigenvalue weighted by atomic mass is 9.69. The second-order valence-corrected chi connectivity index (χ2v) is 8.84. The molecule has 1 saturated carbocycles. The fourth-order valence-electron chi connectivity index (χ4n) is 5.36. The molecule has 31 heavy (non-hydrogen) atoms. The number of fused-ring (bicyclic) bond motifs is 2. The zero-order valence-electron chi connectivity index (χ0n) is 18.0. The fourth-order valence-corrected chi connectivity index (χ4v) is 5.36. The highest BCUT2D eigenvalue weighted by Gasteiger charge is 2.58. The third-order valence-corrected chi connectivity index (χ3v) is 6.91. The Bertz CT molecular complexity index is 863. The molecule has 1 saturated heterocycles. The van der Waals surface area contributed by atoms with E-state index in [2.05, 4.69) is 54.6 Å². The normalized spacial score (nSPS) is 27.2. The summed E-state index contributed by atoms with van der Waals surface area (Å²) in [6, 6.07) is 21.1. The maximum Gasteiger partial charge on any atom is 0.303 e. The molecule has 1 aliphatic heterocycles. The fraction of sp³-hybridized carbons (Fsp3) is 0.444. The first-order valence-electron chi connectivity index (χ1n) is 11.3. The quantitative estimate of drug-likeness (QED) is 0.392. The number of allylic oxidation sites excluding steroid dienone is 2. The minimum atomic E-state index is -0.725. The monoisotopic (exact) mass is 420 g/mol. The molecule has 2 fully saturated rings. The summed E-state index contributed by atoms with van der Waals surface area (Å²) >= 11 is 0. The molecule has 0 spiro atoms. The van der Waals surface area contributed by atoms with Crippen molar-refractivity contribution in [3.8, 4) is 0 Å². The van der Waals surface area contributed by atoms with Crippen LogP contribution in [0.4, 0.5) is 0 Å². The summed E-state index contributed by atoms with van der Waals surface area (Å²) in [5, 5.41) is 8.82. The minimum Gasteiger partial charge on any atom is -0.481 e. The predicted molar refractivity (Wildman–Crippen MR) is 121 cm³/mol. The molecule has 2 aliphatic rings. The summed E-state index contributed by atoms with van der Waals surface area (Å²) in [6.45, 7) is 2.10. The lowest BCUT2D eigenvalue weighted by Gasteiger charge is -2.39. The Hall–Kier alpha value is -2.43. The van der Waals surface area contributed by atoms with E-state index in [4.69, 9.17) is 14.6 Å². The molecule has 2 aromatic rings. The molecule has 4 nitrogen and oxygen atoms in total. The van der Waals surface area contributed by atoms with Crippen molar-refractivity contribution in [1.82, 2.24) is 0 Å². The summed E-state index contributed by atoms with van der Waals surface area (Å²) in [4.78, 5) is 10.7. The predicted octanol–water partition coefficient (Wildman–Crippen LogP) is 5.38. The van der Waals surface area contributed by atoms with Gasteiger partial charge in [-0.3, -0.25) is 4.79 Å². The molecule has 4 atom stereocenters. The Labute approximate surface area is 184 Å². The molecular weight excluding hydrogens is 388 g/mol. The van der Waals surface area contributed by atoms with Gasteiger partial charge in [-0.2, -0.15) is 0 Å². The zero-order chi connectivity index (χ0) is 21.5. The molecule has 1 aliphatic carbocycles. The molecule has 164 valence electrons. The van der Waals surface area contributed by atoms with E-state index in [-0.39, 0.29) is 17.9 Å². The number of hydrogen-bond acceptors (Lipinski definition) is 3. The van der Waals surface area contributed by atoms with Crippen LogP contribution in [0.3, 0.4) is 0 Å². The van der Waals surface area contributed by atoms with Crippen LogP contribution in [0.5, 0.6) is 0 Å². The molecule has 0 aromatic heterocycles. The van der Waals surface area contributed by atoms with E-state index in [0.29, 0.717) is 31.5 Å². The van der Waals surface area contributed by atoms with Gasteiger partial charge in [0.2, 0.25) is 0 Å². The van der Waals surface area contributed by atoms with E-state index in [1.807, 2.05) is 18.2 Å². The van der Waals surface area contributed by atoms with Gasteiger partial charge in [0.1, 0.15) is 0 Å². The third-order valence-electron chi connectivity index (χ3n) is 6.91. The second kappa shape index (κ2) is 10.3. The van der Waals surface area contributed by atoms with Gasteiger partial charge in [-0.25, -0.2) is 0 Å². The van der Waals surface area contributed by atoms with Crippen molar-refractivity contribution in [2.75, 3.05) is 13.2 Å². The van der Waals surface area contributed by atoms with Crippen molar-refractivity contribution < 1.29 is 19.4 Å². The van der Waals surface area contributed by atoms with Crippen molar-refractivity contribution in [3.05, 3.63) is 83.9 Å². The summed E-state index contributed by atoms with van der Waals surface area (Å²) < 4.78 is 12.4. The summed E-state index contributed by atoms with van der Waals surface area (Å²) in [7, 11) is 0. The van der Waals surface area contributed by atoms with Crippen molar-refractivity contribution >= 4 is 5.97 Å². The van der Waals surface area contributed by atoms with E-state index >= 15 is 0 Å². The van der Waals surface area contributed by atoms with Gasteiger partial charge in [0.05, 0.1) is 25.9 Å². The highest BCUT2D eigenvalue weighted by atomic mass is 16.5. The van der Waals surface area contributed by atoms with Gasteiger partial charge in [-0.05, 0) is 42.7 Å². The largest absolute Gasteiger partial charge is 0.481 e. The first-order valence-corrected chi connectivity index (χ1v) is 11.3. The average molecular weight is 421 g/mol. The third kappa shape index (κ3) is 5.08. The van der Waals surface area contributed by atoms with Crippen molar-refractivity contribution in [3.63, 3.8) is 0 Å². The Morgan fingerprint density at radius 1 is 1.10 bits per heavy atom. The summed E-state index contributed by atoms with van der Waals surface area (Å²) in [6.07, 6.45) is 8.39. The molecule has 2 bridgehead atoms. The number of carboxylic acids is 1. The van der Waals surface area contributed by atoms with Crippen molar-refractivity contribution in [2.45, 2.75) is 50.2 Å². The maximum atomic E-state index is 10.7. The van der Waals surface area contributed by atoms with Gasteiger partial charge < -0.3 is 14.6 Å². The number of carbonyl (C=O) groups is 1. The Morgan fingerprint density at radius 3 is 2.58 bits per heavy atom. The van der Waals surface area contributed by atoms with Crippen LogP contribution in [-0.2, 0) is 26.3 Å². The first-order chi connectivity index (χ1) is 15.2. The Balaban J connectivity index is 1.44. The number of hydrogen-bond donors (Lipinski definition) is 1. The topological polar surface area (TPSA) is 55.8 Å². The molecule has 1 N–H and O–H groups in total. The van der Waals surface area contributed by atoms with Gasteiger partial charge in [0.25, 0.3) is 0 Å². The van der Waals surface area contributed by atoms with Gasteiger partial charge in [-0.15, -0.1) is 0 Å². The SMILES string of the molecule is O=C(O)CCC/C=C\C[C@H]1[C@H](COCc2ccccc2)[C@@H]2C[C@@]1(c1ccccc1)CO2. The zero-order valence-corrected chi connectivity index (χ0v) is 18.0. The van der Waals surface area contributed by atoms with Crippen molar-refractivity contribution in [2.24, 2.45) is 11.8 Å². The van der Waals surface area contributed by atoms with E-state index in [1.165, 1.54) is 11.1 Å². The Kier molecular flexibility index (Phi) is 7.21. The number of unbranched alkanes of at least 4 members (excludes halogenated alkanes) is 1. The standard InChI is InChI=1S/C27H32O4/c28-26(29)16-10-2-1-9-15-24-23(19-30-18-21-11-5-3-6-12-21)25-17-27(24,20-31-25)22-13-7-4-8-14-22/h1,3-9,11-14,23-25H,2,10,15-20H2,(H,28,29)/b9-1-/t23-,24-,25-,27-/m0/s1. The number of benzene rings is 2. The molecule has 1 heterocycles. The number of aliphatic carboxylic acids is 1. The van der Waals surface area contributed by atoms with E-state index in [0.717, 1.165) is 25.9 Å². The lowest BCUT2D eigenvalue weighted by molar-refractivity contribution is -0.137. The van der Waals surface area contributed by atoms with Crippen LogP contribution in [-0.4, -0.2) is 30.4 Å². The first kappa shape index (κ1) is 21.8. The smallest absolute Gasteiger partial charge is 0.303 e. The van der Waals surface area contributed by atoms with Crippen LogP contribution in [0, 0.1) is 11.8 Å². The van der Waals surface area contributed by atoms with Gasteiger partial charge in [0, 0.05) is 17.8 Å². The average Bonchev–Trinajstić information content (AvgIpc) is 3.36. The molecule has 0 unspecified atom stereocenters. The number of rotatable bonds is 11. The maximum absolute atomic E-state index is 10.7. The van der Waals surface area contributed by atoms with E-state index in [1.54, 1.807) is 0 Å². The van der Waals surface area contributed by atoms with E-state index < -0.39 is 5.97 Å². The van der Waals surface area contributed by atoms with Crippen molar-refractivity contribution in [1.29, 1.82) is 0 Å². The van der Waals surface area contributed by atoms with Crippen LogP contribution in [0.15, 0.2) is 72.8 Å². The van der Waals surface area contributed by atoms with Crippen LogP contribution in [0.2, 0.25) is 0 Å². The highest BCUT2D eigenvalue weighted by molar-refractivity contribution is 5.66. The lowest BCUT2D eigenvalue weighted by Crippen LogP contribution is -2.41. The van der Waals surface area contributed by atoms with Gasteiger partial charge in [0.15, 0.2) is 0 Å². The molecule has 4 heteroatoms. The van der Waals surface area contributed by atoms with Crippen LogP contribution < -0.4 is 0 Å². The van der Waals surface area contributed by atoms with Gasteiger partial charge in [-0.1, -0.05) is 72.8 Å². The molecule has 2 aromatic carbocycles. The molecular formula is C27H32O4.